The number of Topliss-reactive ketones (excluding diaryl/α,β-unsaturated/α-hetero) is 1. The van der Waals surface area contributed by atoms with Crippen LogP contribution in [0.1, 0.15) is 34.5 Å². The lowest BCUT2D eigenvalue weighted by Crippen LogP contribution is -2.28. The quantitative estimate of drug-likeness (QED) is 0.481. The zero-order valence-corrected chi connectivity index (χ0v) is 7.43. The molecule has 0 radical (unpaired) electrons. The average molecular weight is 177 g/mol. The average Bonchev–Trinajstić information content (AvgIpc) is 2.14. The Kier molecular flexibility index (Phi) is 2.04. The van der Waals surface area contributed by atoms with E-state index in [4.69, 9.17) is 6.85 Å². The molecule has 2 unspecified atom stereocenters. The molecule has 70 valence electrons. The maximum Gasteiger partial charge on any atom is 0.316 e. The van der Waals surface area contributed by atoms with Gasteiger partial charge in [-0.3, -0.25) is 9.59 Å². The maximum absolute atomic E-state index is 11.6. The van der Waals surface area contributed by atoms with Gasteiger partial charge in [-0.25, -0.2) is 0 Å². The maximum atomic E-state index is 11.6. The number of ether oxygens (including phenoxy) is 1. The lowest BCUT2D eigenvalue weighted by Gasteiger charge is -2.15. The van der Waals surface area contributed by atoms with Crippen LogP contribution >= 0.6 is 0 Å². The van der Waals surface area contributed by atoms with Crippen molar-refractivity contribution in [3.63, 3.8) is 0 Å². The number of carbonyl (C=O) groups is 2. The van der Waals surface area contributed by atoms with Gasteiger partial charge >= 0.3 is 5.97 Å². The van der Waals surface area contributed by atoms with Crippen LogP contribution in [0.15, 0.2) is 0 Å². The number of rotatable bonds is 4. The summed E-state index contributed by atoms with van der Waals surface area (Å²) in [5.41, 5.74) is 0. The summed E-state index contributed by atoms with van der Waals surface area (Å²) in [5.74, 6) is -7.66. The van der Waals surface area contributed by atoms with Crippen LogP contribution in [0.2, 0.25) is 0 Å². The number of esters is 1. The third-order valence-electron chi connectivity index (χ3n) is 1.21. The van der Waals surface area contributed by atoms with E-state index in [2.05, 4.69) is 4.74 Å². The minimum absolute atomic E-state index is 0.0934. The lowest BCUT2D eigenvalue weighted by atomic mass is 9.92. The van der Waals surface area contributed by atoms with Crippen LogP contribution in [0.3, 0.4) is 0 Å². The van der Waals surface area contributed by atoms with Gasteiger partial charge in [0.1, 0.15) is 11.7 Å². The van der Waals surface area contributed by atoms with Gasteiger partial charge in [0.25, 0.3) is 0 Å². The van der Waals surface area contributed by atoms with Crippen LogP contribution in [-0.4, -0.2) is 18.4 Å². The number of carbonyl (C=O) groups excluding carboxylic acids is 2. The van der Waals surface area contributed by atoms with Gasteiger partial charge in [0.2, 0.25) is 0 Å². The molecule has 0 fully saturated rings. The molecule has 0 rings (SSSR count). The molecule has 0 aliphatic rings. The van der Waals surface area contributed by atoms with Gasteiger partial charge in [-0.2, -0.15) is 0 Å². The molecule has 0 aliphatic carbocycles. The highest BCUT2D eigenvalue weighted by molar-refractivity contribution is 5.97. The molecule has 0 bridgehead atoms. The summed E-state index contributed by atoms with van der Waals surface area (Å²) in [6, 6.07) is 0. The summed E-state index contributed by atoms with van der Waals surface area (Å²) < 4.78 is 41.5. The molecule has 0 aromatic rings. The van der Waals surface area contributed by atoms with Gasteiger partial charge in [-0.05, 0) is 19.7 Å². The van der Waals surface area contributed by atoms with Gasteiger partial charge in [-0.1, -0.05) is 13.8 Å². The zero-order valence-electron chi connectivity index (χ0n) is 12.4. The van der Waals surface area contributed by atoms with E-state index in [9.17, 15) is 9.59 Å². The van der Waals surface area contributed by atoms with E-state index in [0.717, 1.165) is 13.8 Å². The molecule has 2 atom stereocenters. The van der Waals surface area contributed by atoms with Crippen molar-refractivity contribution in [3.05, 3.63) is 0 Å². The SMILES string of the molecule is [2H]C([2H])([2H])C([2H])(C)C([2H])(C(C)=O)C(=O)OCC. The summed E-state index contributed by atoms with van der Waals surface area (Å²) >= 11 is 0. The van der Waals surface area contributed by atoms with Gasteiger partial charge < -0.3 is 4.74 Å². The third-order valence-corrected chi connectivity index (χ3v) is 1.21. The Morgan fingerprint density at radius 1 is 1.67 bits per heavy atom. The van der Waals surface area contributed by atoms with Crippen molar-refractivity contribution in [2.45, 2.75) is 27.6 Å². The fraction of sp³-hybridized carbons (Fsp3) is 0.778. The van der Waals surface area contributed by atoms with Crippen LogP contribution in [0.5, 0.6) is 0 Å². The molecular weight excluding hydrogens is 156 g/mol. The highest BCUT2D eigenvalue weighted by atomic mass is 16.5. The van der Waals surface area contributed by atoms with Crippen molar-refractivity contribution in [1.82, 2.24) is 0 Å². The highest BCUT2D eigenvalue weighted by Gasteiger charge is 2.27. The molecule has 3 heteroatoms. The molecule has 0 saturated heterocycles. The Labute approximate surface area is 80.1 Å². The van der Waals surface area contributed by atoms with Crippen molar-refractivity contribution in [1.29, 1.82) is 0 Å². The minimum Gasteiger partial charge on any atom is -0.465 e. The molecule has 0 aliphatic heterocycles. The number of hydrogen-bond donors (Lipinski definition) is 0. The standard InChI is InChI=1S/C9H16O3/c1-5-12-9(11)8(6(2)3)7(4)10/h6,8H,5H2,1-4H3/i2D3,6D,8D. The van der Waals surface area contributed by atoms with Crippen molar-refractivity contribution in [3.8, 4) is 0 Å². The minimum atomic E-state index is -2.95. The Hall–Kier alpha value is -0.860. The molecule has 0 aromatic carbocycles. The zero-order chi connectivity index (χ0) is 14.1. The molecule has 12 heavy (non-hydrogen) atoms. The predicted octanol–water partition coefficient (Wildman–Crippen LogP) is 1.41. The van der Waals surface area contributed by atoms with E-state index < -0.39 is 30.4 Å². The van der Waals surface area contributed by atoms with E-state index in [1.165, 1.54) is 6.92 Å². The van der Waals surface area contributed by atoms with Gasteiger partial charge in [0, 0.05) is 5.48 Å². The Bertz CT molecular complexity index is 323. The summed E-state index contributed by atoms with van der Waals surface area (Å²) in [6.45, 7) is 0.194. The monoisotopic (exact) mass is 177 g/mol. The normalized spacial score (nSPS) is 27.4. The first-order valence-electron chi connectivity index (χ1n) is 6.11. The predicted molar refractivity (Wildman–Crippen MR) is 45.6 cm³/mol. The fourth-order valence-electron chi connectivity index (χ4n) is 0.764. The Morgan fingerprint density at radius 3 is 2.58 bits per heavy atom. The van der Waals surface area contributed by atoms with Gasteiger partial charge in [-0.15, -0.1) is 0 Å². The van der Waals surface area contributed by atoms with Crippen LogP contribution < -0.4 is 0 Å². The van der Waals surface area contributed by atoms with Gasteiger partial charge in [0.15, 0.2) is 0 Å². The summed E-state index contributed by atoms with van der Waals surface area (Å²) in [4.78, 5) is 23.0. The molecule has 0 aromatic heterocycles. The van der Waals surface area contributed by atoms with Crippen molar-refractivity contribution in [2.24, 2.45) is 11.8 Å². The number of ketones is 1. The van der Waals surface area contributed by atoms with E-state index in [-0.39, 0.29) is 6.61 Å². The fourth-order valence-corrected chi connectivity index (χ4v) is 0.764. The molecule has 0 heterocycles. The lowest BCUT2D eigenvalue weighted by molar-refractivity contribution is -0.152. The second-order valence-corrected chi connectivity index (χ2v) is 2.28. The van der Waals surface area contributed by atoms with Gasteiger partial charge in [0.05, 0.1) is 7.98 Å². The molecule has 0 saturated carbocycles. The topological polar surface area (TPSA) is 43.4 Å². The summed E-state index contributed by atoms with van der Waals surface area (Å²) in [5, 5.41) is 0. The van der Waals surface area contributed by atoms with E-state index >= 15 is 0 Å². The van der Waals surface area contributed by atoms with Crippen LogP contribution in [-0.2, 0) is 14.3 Å². The van der Waals surface area contributed by atoms with E-state index in [1.54, 1.807) is 0 Å². The Balaban J connectivity index is 5.67. The molecule has 0 amide bonds. The molecule has 0 N–H and O–H groups in total. The van der Waals surface area contributed by atoms with Crippen LogP contribution in [0.4, 0.5) is 0 Å². The van der Waals surface area contributed by atoms with E-state index in [0.29, 0.717) is 0 Å². The number of hydrogen-bond acceptors (Lipinski definition) is 3. The molecule has 0 spiro atoms. The summed E-state index contributed by atoms with van der Waals surface area (Å²) in [7, 11) is 0. The third kappa shape index (κ3) is 3.03. The largest absolute Gasteiger partial charge is 0.465 e. The summed E-state index contributed by atoms with van der Waals surface area (Å²) in [6.07, 6.45) is 0. The first-order valence-corrected chi connectivity index (χ1v) is 3.61. The smallest absolute Gasteiger partial charge is 0.316 e. The highest BCUT2D eigenvalue weighted by Crippen LogP contribution is 2.13. The second kappa shape index (κ2) is 4.91. The van der Waals surface area contributed by atoms with Crippen molar-refractivity contribution in [2.75, 3.05) is 6.61 Å². The molecule has 3 nitrogen and oxygen atoms in total. The van der Waals surface area contributed by atoms with Crippen molar-refractivity contribution < 1.29 is 21.2 Å². The van der Waals surface area contributed by atoms with Crippen LogP contribution in [0, 0.1) is 11.8 Å². The Morgan fingerprint density at radius 2 is 2.25 bits per heavy atom. The van der Waals surface area contributed by atoms with E-state index in [1.807, 2.05) is 0 Å². The van der Waals surface area contributed by atoms with Crippen LogP contribution in [0.25, 0.3) is 0 Å². The molecular formula is C9H16O3. The first kappa shape index (κ1) is 5.00. The van der Waals surface area contributed by atoms with Crippen molar-refractivity contribution >= 4 is 11.8 Å². The second-order valence-electron chi connectivity index (χ2n) is 2.28. The first-order chi connectivity index (χ1) is 7.42.